The van der Waals surface area contributed by atoms with Crippen LogP contribution in [-0.2, 0) is 10.0 Å². The Bertz CT molecular complexity index is 1270. The number of hydrogen-bond donors (Lipinski definition) is 1. The monoisotopic (exact) mass is 453 g/mol. The lowest BCUT2D eigenvalue weighted by molar-refractivity contribution is 0.101. The molecular weight excluding hydrogens is 434 g/mol. The molecule has 0 saturated heterocycles. The number of rotatable bonds is 7. The minimum atomic E-state index is -3.73. The van der Waals surface area contributed by atoms with Crippen LogP contribution in [0, 0.1) is 0 Å². The molecule has 0 aliphatic carbocycles. The van der Waals surface area contributed by atoms with Gasteiger partial charge in [0.25, 0.3) is 15.9 Å². The Morgan fingerprint density at radius 1 is 1.06 bits per heavy atom. The van der Waals surface area contributed by atoms with Crippen LogP contribution in [0.15, 0.2) is 87.6 Å². The number of aromatic nitrogens is 1. The first-order chi connectivity index (χ1) is 15.0. The summed E-state index contributed by atoms with van der Waals surface area (Å²) in [6.45, 7) is 2.07. The highest BCUT2D eigenvalue weighted by Crippen LogP contribution is 2.26. The molecular formula is C22H19N3O4S2. The lowest BCUT2D eigenvalue weighted by atomic mass is 10.3. The van der Waals surface area contributed by atoms with Crippen molar-refractivity contribution in [3.8, 4) is 10.6 Å². The van der Waals surface area contributed by atoms with Gasteiger partial charge in [-0.15, -0.1) is 11.3 Å². The minimum Gasteiger partial charge on any atom is -0.355 e. The van der Waals surface area contributed by atoms with Gasteiger partial charge >= 0.3 is 0 Å². The molecule has 7 nitrogen and oxygen atoms in total. The molecule has 1 amide bonds. The second-order valence-electron chi connectivity index (χ2n) is 6.54. The molecule has 2 aromatic heterocycles. The zero-order valence-corrected chi connectivity index (χ0v) is 18.2. The fourth-order valence-corrected chi connectivity index (χ4v) is 5.18. The van der Waals surface area contributed by atoms with E-state index in [-0.39, 0.29) is 10.6 Å². The molecule has 0 aliphatic heterocycles. The summed E-state index contributed by atoms with van der Waals surface area (Å²) in [4.78, 5) is 13.5. The Balaban J connectivity index is 1.49. The number of nitrogens with one attached hydrogen (secondary N) is 1. The molecule has 2 heterocycles. The molecule has 0 unspecified atom stereocenters. The second kappa shape index (κ2) is 8.75. The normalized spacial score (nSPS) is 11.3. The molecule has 0 aliphatic rings. The maximum atomic E-state index is 13.1. The number of carbonyl (C=O) groups is 1. The van der Waals surface area contributed by atoms with Crippen molar-refractivity contribution < 1.29 is 17.7 Å². The number of amides is 1. The highest BCUT2D eigenvalue weighted by atomic mass is 32.2. The summed E-state index contributed by atoms with van der Waals surface area (Å²) in [6, 6.07) is 20.3. The largest absolute Gasteiger partial charge is 0.355 e. The van der Waals surface area contributed by atoms with Crippen LogP contribution in [0.2, 0.25) is 0 Å². The molecule has 9 heteroatoms. The van der Waals surface area contributed by atoms with Crippen LogP contribution < -0.4 is 9.62 Å². The van der Waals surface area contributed by atoms with Crippen molar-refractivity contribution in [3.63, 3.8) is 0 Å². The number of thiophene rings is 1. The number of carbonyl (C=O) groups excluding carboxylic acids is 1. The van der Waals surface area contributed by atoms with Gasteiger partial charge in [0.2, 0.25) is 0 Å². The SMILES string of the molecule is CCN(c1ccccc1)S(=O)(=O)c1ccc(NC(=O)c2cc(-c3cccs3)on2)cc1. The van der Waals surface area contributed by atoms with Gasteiger partial charge in [-0.1, -0.05) is 29.4 Å². The molecule has 2 aromatic carbocycles. The van der Waals surface area contributed by atoms with Gasteiger partial charge in [-0.25, -0.2) is 8.42 Å². The highest BCUT2D eigenvalue weighted by molar-refractivity contribution is 7.92. The van der Waals surface area contributed by atoms with Gasteiger partial charge in [0.15, 0.2) is 11.5 Å². The molecule has 0 bridgehead atoms. The summed E-state index contributed by atoms with van der Waals surface area (Å²) in [5.74, 6) is 0.0730. The molecule has 4 aromatic rings. The van der Waals surface area contributed by atoms with Crippen molar-refractivity contribution in [3.05, 3.63) is 83.9 Å². The van der Waals surface area contributed by atoms with Gasteiger partial charge < -0.3 is 9.84 Å². The number of benzene rings is 2. The highest BCUT2D eigenvalue weighted by Gasteiger charge is 2.23. The minimum absolute atomic E-state index is 0.137. The van der Waals surface area contributed by atoms with Gasteiger partial charge in [0.1, 0.15) is 0 Å². The molecule has 0 radical (unpaired) electrons. The van der Waals surface area contributed by atoms with Gasteiger partial charge in [-0.05, 0) is 54.8 Å². The van der Waals surface area contributed by atoms with Crippen molar-refractivity contribution in [2.24, 2.45) is 0 Å². The van der Waals surface area contributed by atoms with Crippen molar-refractivity contribution >= 4 is 38.6 Å². The molecule has 0 saturated carbocycles. The average Bonchev–Trinajstić information content (AvgIpc) is 3.47. The Hall–Kier alpha value is -3.43. The number of anilines is 2. The summed E-state index contributed by atoms with van der Waals surface area (Å²) < 4.78 is 32.7. The van der Waals surface area contributed by atoms with Crippen LogP contribution in [0.4, 0.5) is 11.4 Å². The van der Waals surface area contributed by atoms with Crippen LogP contribution in [0.5, 0.6) is 0 Å². The van der Waals surface area contributed by atoms with Crippen LogP contribution >= 0.6 is 11.3 Å². The summed E-state index contributed by atoms with van der Waals surface area (Å²) in [7, 11) is -3.73. The molecule has 158 valence electrons. The Kier molecular flexibility index (Phi) is 5.88. The quantitative estimate of drug-likeness (QED) is 0.431. The van der Waals surface area contributed by atoms with Gasteiger partial charge in [0, 0.05) is 18.3 Å². The summed E-state index contributed by atoms with van der Waals surface area (Å²) >= 11 is 1.49. The topological polar surface area (TPSA) is 92.5 Å². The van der Waals surface area contributed by atoms with E-state index < -0.39 is 15.9 Å². The van der Waals surface area contributed by atoms with Crippen LogP contribution in [0.25, 0.3) is 10.6 Å². The molecule has 0 fully saturated rings. The van der Waals surface area contributed by atoms with Crippen molar-refractivity contribution in [1.82, 2.24) is 5.16 Å². The molecule has 4 rings (SSSR count). The summed E-state index contributed by atoms with van der Waals surface area (Å²) in [5.41, 5.74) is 1.18. The number of sulfonamides is 1. The van der Waals surface area contributed by atoms with Crippen molar-refractivity contribution in [2.45, 2.75) is 11.8 Å². The number of hydrogen-bond acceptors (Lipinski definition) is 6. The summed E-state index contributed by atoms with van der Waals surface area (Å²) in [6.07, 6.45) is 0. The van der Waals surface area contributed by atoms with Crippen molar-refractivity contribution in [1.29, 1.82) is 0 Å². The predicted molar refractivity (Wildman–Crippen MR) is 121 cm³/mol. The van der Waals surface area contributed by atoms with E-state index in [2.05, 4.69) is 10.5 Å². The lowest BCUT2D eigenvalue weighted by Crippen LogP contribution is -2.30. The Morgan fingerprint density at radius 2 is 1.81 bits per heavy atom. The molecule has 31 heavy (non-hydrogen) atoms. The predicted octanol–water partition coefficient (Wildman–Crippen LogP) is 4.87. The van der Waals surface area contributed by atoms with Gasteiger partial charge in [0.05, 0.1) is 15.5 Å². The van der Waals surface area contributed by atoms with E-state index in [4.69, 9.17) is 4.52 Å². The van der Waals surface area contributed by atoms with E-state index in [0.29, 0.717) is 23.7 Å². The van der Waals surface area contributed by atoms with E-state index in [1.165, 1.54) is 27.8 Å². The average molecular weight is 454 g/mol. The van der Waals surface area contributed by atoms with Crippen molar-refractivity contribution in [2.75, 3.05) is 16.2 Å². The maximum Gasteiger partial charge on any atom is 0.277 e. The molecule has 0 atom stereocenters. The smallest absolute Gasteiger partial charge is 0.277 e. The second-order valence-corrected chi connectivity index (χ2v) is 9.35. The molecule has 0 spiro atoms. The third kappa shape index (κ3) is 4.37. The Morgan fingerprint density at radius 3 is 2.45 bits per heavy atom. The first kappa shape index (κ1) is 20.8. The van der Waals surface area contributed by atoms with Crippen LogP contribution in [0.1, 0.15) is 17.4 Å². The van der Waals surface area contributed by atoms with Crippen LogP contribution in [0.3, 0.4) is 0 Å². The van der Waals surface area contributed by atoms with Gasteiger partial charge in [-0.3, -0.25) is 9.10 Å². The van der Waals surface area contributed by atoms with E-state index in [1.807, 2.05) is 23.6 Å². The van der Waals surface area contributed by atoms with Crippen LogP contribution in [-0.4, -0.2) is 26.0 Å². The van der Waals surface area contributed by atoms with E-state index in [1.54, 1.807) is 49.4 Å². The van der Waals surface area contributed by atoms with E-state index in [0.717, 1.165) is 4.88 Å². The lowest BCUT2D eigenvalue weighted by Gasteiger charge is -2.23. The zero-order chi connectivity index (χ0) is 21.8. The molecule has 1 N–H and O–H groups in total. The van der Waals surface area contributed by atoms with E-state index >= 15 is 0 Å². The third-order valence-corrected chi connectivity index (χ3v) is 7.34. The zero-order valence-electron chi connectivity index (χ0n) is 16.6. The standard InChI is InChI=1S/C22H19N3O4S2/c1-2-25(17-7-4-3-5-8-17)31(27,28)18-12-10-16(11-13-18)23-22(26)19-15-20(29-24-19)21-9-6-14-30-21/h3-15H,2H2,1H3,(H,23,26). The Labute approximate surface area is 184 Å². The first-order valence-electron chi connectivity index (χ1n) is 9.49. The fourth-order valence-electron chi connectivity index (χ4n) is 3.04. The van der Waals surface area contributed by atoms with E-state index in [9.17, 15) is 13.2 Å². The summed E-state index contributed by atoms with van der Waals surface area (Å²) in [5, 5.41) is 8.42. The number of para-hydroxylation sites is 1. The van der Waals surface area contributed by atoms with Gasteiger partial charge in [-0.2, -0.15) is 0 Å². The number of nitrogens with zero attached hydrogens (tertiary/aromatic N) is 2. The first-order valence-corrected chi connectivity index (χ1v) is 11.8. The fraction of sp³-hybridized carbons (Fsp3) is 0.0909. The third-order valence-electron chi connectivity index (χ3n) is 4.54. The maximum absolute atomic E-state index is 13.1.